The lowest BCUT2D eigenvalue weighted by atomic mass is 10.5. The van der Waals surface area contributed by atoms with Gasteiger partial charge in [0.15, 0.2) is 10.5 Å². The van der Waals surface area contributed by atoms with Crippen LogP contribution < -0.4 is 0 Å². The SMILES string of the molecule is N#CC(C#N)SC(C#N)C#N. The molecule has 0 rings (SSSR count). The van der Waals surface area contributed by atoms with Crippen molar-refractivity contribution in [3.05, 3.63) is 0 Å². The van der Waals surface area contributed by atoms with E-state index in [1.165, 1.54) is 0 Å². The van der Waals surface area contributed by atoms with Crippen LogP contribution in [0.4, 0.5) is 0 Å². The molecule has 0 heterocycles. The van der Waals surface area contributed by atoms with Gasteiger partial charge in [0.1, 0.15) is 0 Å². The summed E-state index contributed by atoms with van der Waals surface area (Å²) in [5.41, 5.74) is 0. The second kappa shape index (κ2) is 5.12. The van der Waals surface area contributed by atoms with Gasteiger partial charge in [-0.1, -0.05) is 11.8 Å². The molecule has 0 aromatic carbocycles. The summed E-state index contributed by atoms with van der Waals surface area (Å²) in [6.07, 6.45) is 0. The number of nitriles is 4. The topological polar surface area (TPSA) is 95.2 Å². The highest BCUT2D eigenvalue weighted by Gasteiger charge is 2.14. The molecule has 0 saturated heterocycles. The molecule has 0 fully saturated rings. The summed E-state index contributed by atoms with van der Waals surface area (Å²) in [5.74, 6) is 0. The molecule has 0 saturated carbocycles. The quantitative estimate of drug-likeness (QED) is 0.590. The van der Waals surface area contributed by atoms with E-state index in [1.54, 1.807) is 24.3 Å². The summed E-state index contributed by atoms with van der Waals surface area (Å²) in [5, 5.41) is 31.2. The minimum atomic E-state index is -0.931. The summed E-state index contributed by atoms with van der Waals surface area (Å²) in [6, 6.07) is 6.60. The fourth-order valence-corrected chi connectivity index (χ4v) is 0.831. The second-order valence-corrected chi connectivity index (χ2v) is 2.63. The molecular formula is C6H2N4S. The number of thioether (sulfide) groups is 1. The van der Waals surface area contributed by atoms with Gasteiger partial charge in [0.2, 0.25) is 0 Å². The van der Waals surface area contributed by atoms with Crippen molar-refractivity contribution in [3.63, 3.8) is 0 Å². The predicted octanol–water partition coefficient (Wildman–Crippen LogP) is 0.551. The van der Waals surface area contributed by atoms with Crippen LogP contribution >= 0.6 is 11.8 Å². The van der Waals surface area contributed by atoms with E-state index in [9.17, 15) is 0 Å². The van der Waals surface area contributed by atoms with Gasteiger partial charge < -0.3 is 0 Å². The van der Waals surface area contributed by atoms with Crippen LogP contribution in [0.3, 0.4) is 0 Å². The molecule has 4 nitrogen and oxygen atoms in total. The zero-order valence-corrected chi connectivity index (χ0v) is 6.17. The lowest BCUT2D eigenvalue weighted by molar-refractivity contribution is 1.30. The Bertz CT molecular complexity index is 226. The molecule has 52 valence electrons. The van der Waals surface area contributed by atoms with Crippen LogP contribution in [-0.4, -0.2) is 10.5 Å². The number of rotatable bonds is 2. The van der Waals surface area contributed by atoms with Crippen LogP contribution in [-0.2, 0) is 0 Å². The molecule has 11 heavy (non-hydrogen) atoms. The Morgan fingerprint density at radius 2 is 1.00 bits per heavy atom. The molecule has 0 radical (unpaired) electrons. The third-order valence-corrected chi connectivity index (χ3v) is 1.71. The van der Waals surface area contributed by atoms with Crippen LogP contribution in [0, 0.1) is 45.3 Å². The fourth-order valence-electron chi connectivity index (χ4n) is 0.316. The molecule has 0 unspecified atom stereocenters. The van der Waals surface area contributed by atoms with Crippen molar-refractivity contribution in [3.8, 4) is 24.3 Å². The first kappa shape index (κ1) is 9.31. The third kappa shape index (κ3) is 3.11. The molecule has 0 N–H and O–H groups in total. The van der Waals surface area contributed by atoms with Crippen molar-refractivity contribution in [2.75, 3.05) is 0 Å². The van der Waals surface area contributed by atoms with E-state index >= 15 is 0 Å². The van der Waals surface area contributed by atoms with Gasteiger partial charge in [-0.3, -0.25) is 0 Å². The van der Waals surface area contributed by atoms with Gasteiger partial charge in [-0.2, -0.15) is 21.0 Å². The van der Waals surface area contributed by atoms with Crippen molar-refractivity contribution in [1.29, 1.82) is 21.0 Å². The van der Waals surface area contributed by atoms with Gasteiger partial charge >= 0.3 is 0 Å². The summed E-state index contributed by atoms with van der Waals surface area (Å²) >= 11 is 0.745. The first-order chi connectivity index (χ1) is 5.28. The van der Waals surface area contributed by atoms with Crippen LogP contribution in [0.1, 0.15) is 0 Å². The van der Waals surface area contributed by atoms with Gasteiger partial charge in [0.05, 0.1) is 24.3 Å². The van der Waals surface area contributed by atoms with E-state index < -0.39 is 10.5 Å². The number of nitrogens with zero attached hydrogens (tertiary/aromatic N) is 4. The van der Waals surface area contributed by atoms with Gasteiger partial charge in [-0.25, -0.2) is 0 Å². The lowest BCUT2D eigenvalue weighted by Gasteiger charge is -1.96. The molecule has 0 aromatic heterocycles. The van der Waals surface area contributed by atoms with Gasteiger partial charge in [0.25, 0.3) is 0 Å². The van der Waals surface area contributed by atoms with Crippen molar-refractivity contribution in [2.24, 2.45) is 0 Å². The maximum Gasteiger partial charge on any atom is 0.180 e. The molecule has 0 aliphatic heterocycles. The van der Waals surface area contributed by atoms with E-state index in [2.05, 4.69) is 0 Å². The molecule has 0 aliphatic carbocycles. The minimum absolute atomic E-state index is 0.745. The van der Waals surface area contributed by atoms with E-state index in [0.717, 1.165) is 11.8 Å². The Balaban J connectivity index is 4.09. The van der Waals surface area contributed by atoms with Crippen LogP contribution in [0.15, 0.2) is 0 Å². The molecule has 0 spiro atoms. The Labute approximate surface area is 68.3 Å². The monoisotopic (exact) mass is 162 g/mol. The molecular weight excluding hydrogens is 160 g/mol. The van der Waals surface area contributed by atoms with Crippen molar-refractivity contribution >= 4 is 11.8 Å². The summed E-state index contributed by atoms with van der Waals surface area (Å²) in [4.78, 5) is 0. The third-order valence-electron chi connectivity index (χ3n) is 0.741. The van der Waals surface area contributed by atoms with Gasteiger partial charge in [0, 0.05) is 0 Å². The van der Waals surface area contributed by atoms with Crippen LogP contribution in [0.5, 0.6) is 0 Å². The first-order valence-electron chi connectivity index (χ1n) is 2.52. The largest absolute Gasteiger partial charge is 0.196 e. The van der Waals surface area contributed by atoms with Crippen LogP contribution in [0.2, 0.25) is 0 Å². The van der Waals surface area contributed by atoms with Crippen molar-refractivity contribution in [1.82, 2.24) is 0 Å². The summed E-state index contributed by atoms with van der Waals surface area (Å²) in [6.45, 7) is 0. The highest BCUT2D eigenvalue weighted by Crippen LogP contribution is 2.15. The van der Waals surface area contributed by atoms with Crippen molar-refractivity contribution < 1.29 is 0 Å². The van der Waals surface area contributed by atoms with Gasteiger partial charge in [-0.15, -0.1) is 0 Å². The average molecular weight is 162 g/mol. The number of hydrogen-bond acceptors (Lipinski definition) is 5. The molecule has 5 heteroatoms. The van der Waals surface area contributed by atoms with E-state index in [4.69, 9.17) is 21.0 Å². The van der Waals surface area contributed by atoms with Gasteiger partial charge in [-0.05, 0) is 0 Å². The smallest absolute Gasteiger partial charge is 0.180 e. The molecule has 0 amide bonds. The second-order valence-electron chi connectivity index (χ2n) is 1.41. The Morgan fingerprint density at radius 3 is 1.18 bits per heavy atom. The highest BCUT2D eigenvalue weighted by molar-refractivity contribution is 8.01. The summed E-state index contributed by atoms with van der Waals surface area (Å²) in [7, 11) is 0. The fraction of sp³-hybridized carbons (Fsp3) is 0.333. The van der Waals surface area contributed by atoms with E-state index in [0.29, 0.717) is 0 Å². The Hall–Kier alpha value is -1.69. The van der Waals surface area contributed by atoms with Crippen LogP contribution in [0.25, 0.3) is 0 Å². The maximum absolute atomic E-state index is 8.25. The summed E-state index contributed by atoms with van der Waals surface area (Å²) < 4.78 is 0. The zero-order valence-electron chi connectivity index (χ0n) is 5.35. The Kier molecular flexibility index (Phi) is 4.34. The minimum Gasteiger partial charge on any atom is -0.196 e. The van der Waals surface area contributed by atoms with E-state index in [-0.39, 0.29) is 0 Å². The zero-order chi connectivity index (χ0) is 8.69. The molecule has 0 atom stereocenters. The Morgan fingerprint density at radius 1 is 0.727 bits per heavy atom. The highest BCUT2D eigenvalue weighted by atomic mass is 32.2. The first-order valence-corrected chi connectivity index (χ1v) is 3.46. The number of hydrogen-bond donors (Lipinski definition) is 0. The lowest BCUT2D eigenvalue weighted by Crippen LogP contribution is -2.02. The normalized spacial score (nSPS) is 7.82. The predicted molar refractivity (Wildman–Crippen MR) is 37.6 cm³/mol. The maximum atomic E-state index is 8.25. The molecule has 0 aliphatic rings. The standard InChI is InChI=1S/C6H2N4S/c7-1-5(2-8)11-6(3-9)4-10/h5-6H. The van der Waals surface area contributed by atoms with Crippen molar-refractivity contribution in [2.45, 2.75) is 10.5 Å². The molecule has 0 bridgehead atoms. The molecule has 0 aromatic rings. The van der Waals surface area contributed by atoms with E-state index in [1.807, 2.05) is 0 Å². The average Bonchev–Trinajstić information content (AvgIpc) is 2.07.